The second kappa shape index (κ2) is 10.9. The lowest BCUT2D eigenvalue weighted by atomic mass is 9.93. The van der Waals surface area contributed by atoms with Crippen LogP contribution in [0.4, 0.5) is 0 Å². The van der Waals surface area contributed by atoms with Gasteiger partial charge in [-0.3, -0.25) is 0 Å². The molecule has 0 saturated heterocycles. The van der Waals surface area contributed by atoms with Crippen LogP contribution in [-0.2, 0) is 12.8 Å². The summed E-state index contributed by atoms with van der Waals surface area (Å²) in [4.78, 5) is 0. The van der Waals surface area contributed by atoms with E-state index < -0.39 is 0 Å². The quantitative estimate of drug-likeness (QED) is 0.397. The van der Waals surface area contributed by atoms with E-state index in [1.165, 1.54) is 76.2 Å². The predicted molar refractivity (Wildman–Crippen MR) is 91.5 cm³/mol. The fraction of sp³-hybridized carbons (Fsp3) is 0.700. The van der Waals surface area contributed by atoms with Crippen LogP contribution in [0.25, 0.3) is 0 Å². The normalized spacial score (nSPS) is 10.9. The van der Waals surface area contributed by atoms with Crippen LogP contribution < -0.4 is 0 Å². The molecule has 0 bridgehead atoms. The van der Waals surface area contributed by atoms with Crippen LogP contribution in [0, 0.1) is 6.92 Å². The van der Waals surface area contributed by atoms with E-state index in [0.717, 1.165) is 0 Å². The Morgan fingerprint density at radius 2 is 1.30 bits per heavy atom. The van der Waals surface area contributed by atoms with Gasteiger partial charge in [0.05, 0.1) is 0 Å². The third-order valence-corrected chi connectivity index (χ3v) is 4.34. The van der Waals surface area contributed by atoms with Gasteiger partial charge in [-0.25, -0.2) is 0 Å². The Hall–Kier alpha value is -0.780. The minimum Gasteiger partial charge on any atom is -0.0654 e. The monoisotopic (exact) mass is 274 g/mol. The molecule has 114 valence electrons. The van der Waals surface area contributed by atoms with Crippen molar-refractivity contribution in [3.8, 4) is 0 Å². The van der Waals surface area contributed by atoms with Crippen molar-refractivity contribution in [3.63, 3.8) is 0 Å². The SMILES string of the molecule is CCCCCCCCc1cccc(C)c1CCCCC. The zero-order valence-corrected chi connectivity index (χ0v) is 14.0. The van der Waals surface area contributed by atoms with Gasteiger partial charge in [-0.2, -0.15) is 0 Å². The highest BCUT2D eigenvalue weighted by atomic mass is 14.1. The summed E-state index contributed by atoms with van der Waals surface area (Å²) in [7, 11) is 0. The molecule has 0 nitrogen and oxygen atoms in total. The second-order valence-electron chi connectivity index (χ2n) is 6.19. The van der Waals surface area contributed by atoms with Gasteiger partial charge in [-0.1, -0.05) is 77.0 Å². The molecule has 0 fully saturated rings. The fourth-order valence-corrected chi connectivity index (χ4v) is 3.00. The minimum atomic E-state index is 1.28. The standard InChI is InChI=1S/C20H34/c1-4-6-8-9-10-12-15-19-16-13-14-18(3)20(19)17-11-7-5-2/h13-14,16H,4-12,15,17H2,1-3H3. The van der Waals surface area contributed by atoms with Gasteiger partial charge in [0.2, 0.25) is 0 Å². The molecule has 0 saturated carbocycles. The molecule has 0 aliphatic carbocycles. The van der Waals surface area contributed by atoms with Crippen molar-refractivity contribution in [2.24, 2.45) is 0 Å². The Labute approximate surface area is 127 Å². The van der Waals surface area contributed by atoms with Crippen molar-refractivity contribution >= 4 is 0 Å². The van der Waals surface area contributed by atoms with Crippen LogP contribution in [-0.4, -0.2) is 0 Å². The predicted octanol–water partition coefficient (Wildman–Crippen LogP) is 6.63. The molecular formula is C20H34. The Morgan fingerprint density at radius 3 is 2.05 bits per heavy atom. The first-order valence-corrected chi connectivity index (χ1v) is 8.87. The second-order valence-corrected chi connectivity index (χ2v) is 6.19. The maximum Gasteiger partial charge on any atom is -0.0274 e. The van der Waals surface area contributed by atoms with Gasteiger partial charge >= 0.3 is 0 Å². The van der Waals surface area contributed by atoms with Crippen molar-refractivity contribution < 1.29 is 0 Å². The molecule has 1 rings (SSSR count). The summed E-state index contributed by atoms with van der Waals surface area (Å²) in [6.45, 7) is 6.86. The van der Waals surface area contributed by atoms with Crippen LogP contribution in [0.2, 0.25) is 0 Å². The maximum absolute atomic E-state index is 2.36. The maximum atomic E-state index is 2.36. The number of rotatable bonds is 11. The number of unbranched alkanes of at least 4 members (excludes halogenated alkanes) is 7. The van der Waals surface area contributed by atoms with Crippen LogP contribution in [0.3, 0.4) is 0 Å². The Bertz CT molecular complexity index is 351. The third-order valence-electron chi connectivity index (χ3n) is 4.34. The van der Waals surface area contributed by atoms with Gasteiger partial charge in [-0.05, 0) is 49.3 Å². The van der Waals surface area contributed by atoms with Gasteiger partial charge in [0.15, 0.2) is 0 Å². The van der Waals surface area contributed by atoms with Crippen LogP contribution in [0.15, 0.2) is 18.2 Å². The van der Waals surface area contributed by atoms with Crippen molar-refractivity contribution in [1.29, 1.82) is 0 Å². The lowest BCUT2D eigenvalue weighted by Crippen LogP contribution is -1.98. The molecule has 0 heterocycles. The van der Waals surface area contributed by atoms with Crippen molar-refractivity contribution in [2.45, 2.75) is 91.4 Å². The van der Waals surface area contributed by atoms with Gasteiger partial charge < -0.3 is 0 Å². The lowest BCUT2D eigenvalue weighted by molar-refractivity contribution is 0.605. The summed E-state index contributed by atoms with van der Waals surface area (Å²) in [6.07, 6.45) is 15.0. The molecule has 20 heavy (non-hydrogen) atoms. The van der Waals surface area contributed by atoms with Crippen molar-refractivity contribution in [2.75, 3.05) is 0 Å². The smallest absolute Gasteiger partial charge is 0.0274 e. The molecule has 0 atom stereocenters. The summed E-state index contributed by atoms with van der Waals surface area (Å²) in [5.74, 6) is 0. The van der Waals surface area contributed by atoms with E-state index in [2.05, 4.69) is 39.0 Å². The summed E-state index contributed by atoms with van der Waals surface area (Å²) >= 11 is 0. The molecule has 0 aliphatic heterocycles. The van der Waals surface area contributed by atoms with Gasteiger partial charge in [0.1, 0.15) is 0 Å². The molecule has 0 aliphatic rings. The van der Waals surface area contributed by atoms with E-state index in [0.29, 0.717) is 0 Å². The van der Waals surface area contributed by atoms with Crippen LogP contribution >= 0.6 is 0 Å². The number of aryl methyl sites for hydroxylation is 2. The molecule has 1 aromatic carbocycles. The summed E-state index contributed by atoms with van der Waals surface area (Å²) < 4.78 is 0. The third kappa shape index (κ3) is 6.59. The van der Waals surface area contributed by atoms with Crippen molar-refractivity contribution in [1.82, 2.24) is 0 Å². The summed E-state index contributed by atoms with van der Waals surface area (Å²) in [5.41, 5.74) is 4.77. The van der Waals surface area contributed by atoms with Crippen LogP contribution in [0.5, 0.6) is 0 Å². The largest absolute Gasteiger partial charge is 0.0654 e. The van der Waals surface area contributed by atoms with E-state index in [1.807, 2.05) is 0 Å². The molecular weight excluding hydrogens is 240 g/mol. The van der Waals surface area contributed by atoms with Gasteiger partial charge in [0, 0.05) is 0 Å². The molecule has 0 N–H and O–H groups in total. The lowest BCUT2D eigenvalue weighted by Gasteiger charge is -2.12. The van der Waals surface area contributed by atoms with Crippen LogP contribution in [0.1, 0.15) is 88.3 Å². The Kier molecular flexibility index (Phi) is 9.45. The first-order valence-electron chi connectivity index (χ1n) is 8.87. The highest BCUT2D eigenvalue weighted by Gasteiger charge is 2.05. The number of hydrogen-bond donors (Lipinski definition) is 0. The van der Waals surface area contributed by atoms with E-state index in [-0.39, 0.29) is 0 Å². The van der Waals surface area contributed by atoms with Gasteiger partial charge in [-0.15, -0.1) is 0 Å². The topological polar surface area (TPSA) is 0 Å². The first kappa shape index (κ1) is 17.3. The Balaban J connectivity index is 2.41. The fourth-order valence-electron chi connectivity index (χ4n) is 3.00. The highest BCUT2D eigenvalue weighted by Crippen LogP contribution is 2.20. The average Bonchev–Trinajstić information content (AvgIpc) is 2.45. The minimum absolute atomic E-state index is 1.28. The number of benzene rings is 1. The van der Waals surface area contributed by atoms with Gasteiger partial charge in [0.25, 0.3) is 0 Å². The molecule has 0 unspecified atom stereocenters. The number of hydrogen-bond acceptors (Lipinski definition) is 0. The summed E-state index contributed by atoms with van der Waals surface area (Å²) in [6, 6.07) is 6.89. The zero-order chi connectivity index (χ0) is 14.6. The van der Waals surface area contributed by atoms with E-state index in [4.69, 9.17) is 0 Å². The zero-order valence-electron chi connectivity index (χ0n) is 14.0. The van der Waals surface area contributed by atoms with Crippen molar-refractivity contribution in [3.05, 3.63) is 34.9 Å². The highest BCUT2D eigenvalue weighted by molar-refractivity contribution is 5.34. The van der Waals surface area contributed by atoms with E-state index in [9.17, 15) is 0 Å². The van der Waals surface area contributed by atoms with E-state index >= 15 is 0 Å². The average molecular weight is 274 g/mol. The van der Waals surface area contributed by atoms with E-state index in [1.54, 1.807) is 11.1 Å². The molecule has 1 aromatic rings. The molecule has 0 radical (unpaired) electrons. The summed E-state index contributed by atoms with van der Waals surface area (Å²) in [5, 5.41) is 0. The molecule has 0 spiro atoms. The first-order chi connectivity index (χ1) is 9.79. The molecule has 0 heteroatoms. The Morgan fingerprint density at radius 1 is 0.700 bits per heavy atom. The molecule has 0 aromatic heterocycles. The molecule has 0 amide bonds.